The van der Waals surface area contributed by atoms with Gasteiger partial charge in [-0.1, -0.05) is 0 Å². The molecule has 1 atom stereocenters. The van der Waals surface area contributed by atoms with Gasteiger partial charge >= 0.3 is 0 Å². The molecule has 0 bridgehead atoms. The molecule has 136 valence electrons. The van der Waals surface area contributed by atoms with Crippen LogP contribution in [-0.4, -0.2) is 27.8 Å². The Morgan fingerprint density at radius 2 is 2.12 bits per heavy atom. The van der Waals surface area contributed by atoms with E-state index in [4.69, 9.17) is 4.74 Å². The average molecular weight is 424 g/mol. The minimum Gasteiger partial charge on any atom is -0.483 e. The van der Waals surface area contributed by atoms with Crippen LogP contribution in [0.2, 0.25) is 0 Å². The fraction of sp³-hybridized carbons (Fsp3) is 0.294. The molecule has 0 radical (unpaired) electrons. The number of non-ortho nitro benzene ring substituents is 1. The zero-order valence-corrected chi connectivity index (χ0v) is 15.8. The highest BCUT2D eigenvalue weighted by Gasteiger charge is 2.45. The summed E-state index contributed by atoms with van der Waals surface area (Å²) in [7, 11) is 0. The third-order valence-electron chi connectivity index (χ3n) is 4.20. The predicted molar refractivity (Wildman–Crippen MR) is 96.4 cm³/mol. The van der Waals surface area contributed by atoms with Crippen LogP contribution in [0.25, 0.3) is 0 Å². The fourth-order valence-corrected chi connectivity index (χ4v) is 3.46. The third-order valence-corrected chi connectivity index (χ3v) is 4.64. The Hall–Kier alpha value is -2.55. The molecule has 2 heterocycles. The maximum atomic E-state index is 14.8. The van der Waals surface area contributed by atoms with Crippen molar-refractivity contribution in [2.75, 3.05) is 4.90 Å². The fourth-order valence-electron chi connectivity index (χ4n) is 3.02. The summed E-state index contributed by atoms with van der Waals surface area (Å²) < 4.78 is 21.3. The lowest BCUT2D eigenvalue weighted by Crippen LogP contribution is -2.55. The van der Waals surface area contributed by atoms with E-state index in [0.717, 1.165) is 16.6 Å². The summed E-state index contributed by atoms with van der Waals surface area (Å²) in [5.41, 5.74) is -0.836. The van der Waals surface area contributed by atoms with Crippen molar-refractivity contribution in [1.82, 2.24) is 4.98 Å². The molecule has 0 N–H and O–H groups in total. The zero-order valence-electron chi connectivity index (χ0n) is 14.2. The standard InChI is InChI=1S/C17H15BrFN3O4/c1-9-4-10(18)7-20-16(9)21-14(8-23)17(2,3)26-13-6-11(22(24)25)5-12(19)15(13)21/h4-8,14H,1-3H3. The smallest absolute Gasteiger partial charge is 0.276 e. The number of aldehydes is 1. The van der Waals surface area contributed by atoms with Crippen LogP contribution in [0, 0.1) is 22.9 Å². The number of aryl methyl sites for hydroxylation is 1. The largest absolute Gasteiger partial charge is 0.483 e. The lowest BCUT2D eigenvalue weighted by atomic mass is 9.94. The van der Waals surface area contributed by atoms with Gasteiger partial charge in [-0.05, 0) is 48.3 Å². The number of pyridine rings is 1. The molecule has 0 amide bonds. The summed E-state index contributed by atoms with van der Waals surface area (Å²) >= 11 is 3.32. The second kappa shape index (κ2) is 6.31. The van der Waals surface area contributed by atoms with Gasteiger partial charge in [-0.2, -0.15) is 0 Å². The molecule has 2 aromatic rings. The normalized spacial score (nSPS) is 18.0. The van der Waals surface area contributed by atoms with E-state index in [1.807, 2.05) is 0 Å². The quantitative estimate of drug-likeness (QED) is 0.420. The second-order valence-corrected chi connectivity index (χ2v) is 7.40. The number of halogens is 2. The first kappa shape index (κ1) is 18.2. The summed E-state index contributed by atoms with van der Waals surface area (Å²) in [6.45, 7) is 5.10. The molecule has 1 aliphatic rings. The van der Waals surface area contributed by atoms with Gasteiger partial charge in [0.15, 0.2) is 11.6 Å². The van der Waals surface area contributed by atoms with Crippen molar-refractivity contribution in [3.05, 3.63) is 50.4 Å². The molecule has 0 fully saturated rings. The molecule has 0 saturated heterocycles. The molecule has 1 unspecified atom stereocenters. The van der Waals surface area contributed by atoms with Crippen LogP contribution in [0.4, 0.5) is 21.6 Å². The Labute approximate surface area is 157 Å². The van der Waals surface area contributed by atoms with Crippen molar-refractivity contribution in [3.8, 4) is 5.75 Å². The molecular weight excluding hydrogens is 409 g/mol. The Bertz CT molecular complexity index is 919. The number of carbonyl (C=O) groups excluding carboxylic acids is 1. The summed E-state index contributed by atoms with van der Waals surface area (Å²) in [6, 6.07) is 2.88. The number of rotatable bonds is 3. The number of nitrogens with zero attached hydrogens (tertiary/aromatic N) is 3. The first-order chi connectivity index (χ1) is 12.2. The highest BCUT2D eigenvalue weighted by atomic mass is 79.9. The summed E-state index contributed by atoms with van der Waals surface area (Å²) in [5.74, 6) is -0.500. The highest BCUT2D eigenvalue weighted by molar-refractivity contribution is 9.10. The van der Waals surface area contributed by atoms with E-state index in [9.17, 15) is 19.3 Å². The van der Waals surface area contributed by atoms with Crippen molar-refractivity contribution in [2.45, 2.75) is 32.4 Å². The predicted octanol–water partition coefficient (Wildman–Crippen LogP) is 4.08. The summed E-state index contributed by atoms with van der Waals surface area (Å²) in [6.07, 6.45) is 2.20. The van der Waals surface area contributed by atoms with E-state index < -0.39 is 28.1 Å². The Morgan fingerprint density at radius 1 is 1.42 bits per heavy atom. The molecule has 1 aliphatic heterocycles. The number of nitro groups is 1. The van der Waals surface area contributed by atoms with Crippen molar-refractivity contribution in [3.63, 3.8) is 0 Å². The van der Waals surface area contributed by atoms with Crippen LogP contribution in [0.1, 0.15) is 19.4 Å². The number of hydrogen-bond donors (Lipinski definition) is 0. The van der Waals surface area contributed by atoms with Crippen molar-refractivity contribution in [2.24, 2.45) is 0 Å². The van der Waals surface area contributed by atoms with Crippen molar-refractivity contribution in [1.29, 1.82) is 0 Å². The van der Waals surface area contributed by atoms with Crippen LogP contribution in [0.3, 0.4) is 0 Å². The minimum absolute atomic E-state index is 0.0103. The number of hydrogen-bond acceptors (Lipinski definition) is 6. The Morgan fingerprint density at radius 3 is 2.69 bits per heavy atom. The molecule has 7 nitrogen and oxygen atoms in total. The van der Waals surface area contributed by atoms with Gasteiger partial charge in [0.25, 0.3) is 5.69 Å². The van der Waals surface area contributed by atoms with E-state index in [0.29, 0.717) is 17.7 Å². The van der Waals surface area contributed by atoms with E-state index in [2.05, 4.69) is 20.9 Å². The first-order valence-electron chi connectivity index (χ1n) is 7.69. The topological polar surface area (TPSA) is 85.6 Å². The third kappa shape index (κ3) is 2.92. The number of nitro benzene ring substituents is 1. The minimum atomic E-state index is -1.06. The summed E-state index contributed by atoms with van der Waals surface area (Å²) in [5, 5.41) is 11.1. The number of carbonyl (C=O) groups is 1. The number of benzene rings is 1. The van der Waals surface area contributed by atoms with Crippen LogP contribution < -0.4 is 9.64 Å². The van der Waals surface area contributed by atoms with Crippen molar-refractivity contribution < 1.29 is 18.8 Å². The molecule has 0 spiro atoms. The zero-order chi connectivity index (χ0) is 19.2. The molecule has 9 heteroatoms. The van der Waals surface area contributed by atoms with Crippen LogP contribution >= 0.6 is 15.9 Å². The maximum Gasteiger partial charge on any atom is 0.276 e. The van der Waals surface area contributed by atoms with Gasteiger partial charge < -0.3 is 14.4 Å². The first-order valence-corrected chi connectivity index (χ1v) is 8.48. The van der Waals surface area contributed by atoms with Gasteiger partial charge in [-0.25, -0.2) is 9.37 Å². The molecule has 0 saturated carbocycles. The molecule has 3 rings (SSSR count). The van der Waals surface area contributed by atoms with Crippen LogP contribution in [0.15, 0.2) is 28.9 Å². The van der Waals surface area contributed by atoms with Crippen LogP contribution in [0.5, 0.6) is 5.75 Å². The average Bonchev–Trinajstić information content (AvgIpc) is 2.52. The van der Waals surface area contributed by atoms with Gasteiger partial charge in [-0.3, -0.25) is 10.1 Å². The van der Waals surface area contributed by atoms with Gasteiger partial charge in [0.05, 0.1) is 17.1 Å². The van der Waals surface area contributed by atoms with Gasteiger partial charge in [0, 0.05) is 10.7 Å². The second-order valence-electron chi connectivity index (χ2n) is 6.48. The Kier molecular flexibility index (Phi) is 4.43. The monoisotopic (exact) mass is 423 g/mol. The number of ether oxygens (including phenoxy) is 1. The number of aromatic nitrogens is 1. The lowest BCUT2D eigenvalue weighted by Gasteiger charge is -2.45. The SMILES string of the molecule is Cc1cc(Br)cnc1N1c2c(F)cc([N+](=O)[O-])cc2OC(C)(C)C1C=O. The lowest BCUT2D eigenvalue weighted by molar-refractivity contribution is -0.385. The van der Waals surface area contributed by atoms with E-state index in [-0.39, 0.29) is 11.4 Å². The molecule has 1 aromatic heterocycles. The van der Waals surface area contributed by atoms with E-state index >= 15 is 0 Å². The summed E-state index contributed by atoms with van der Waals surface area (Å²) in [4.78, 5) is 28.0. The van der Waals surface area contributed by atoms with Gasteiger partial charge in [0.2, 0.25) is 0 Å². The van der Waals surface area contributed by atoms with Gasteiger partial charge in [-0.15, -0.1) is 0 Å². The van der Waals surface area contributed by atoms with E-state index in [1.54, 1.807) is 26.8 Å². The molecule has 0 aliphatic carbocycles. The van der Waals surface area contributed by atoms with E-state index in [1.165, 1.54) is 11.1 Å². The molecule has 26 heavy (non-hydrogen) atoms. The highest BCUT2D eigenvalue weighted by Crippen LogP contribution is 2.47. The Balaban J connectivity index is 2.31. The number of anilines is 2. The number of fused-ring (bicyclic) bond motifs is 1. The molecular formula is C17H15BrFN3O4. The maximum absolute atomic E-state index is 14.8. The van der Waals surface area contributed by atoms with Crippen LogP contribution in [-0.2, 0) is 4.79 Å². The molecule has 1 aromatic carbocycles. The van der Waals surface area contributed by atoms with Gasteiger partial charge in [0.1, 0.15) is 29.4 Å². The van der Waals surface area contributed by atoms with Crippen molar-refractivity contribution >= 4 is 39.4 Å².